The molecule has 1 aliphatic rings. The van der Waals surface area contributed by atoms with Crippen LogP contribution < -0.4 is 4.90 Å². The molecule has 1 heterocycles. The number of thiol groups is 1. The second kappa shape index (κ2) is 4.84. The van der Waals surface area contributed by atoms with Gasteiger partial charge in [-0.1, -0.05) is 24.8 Å². The molecule has 17 heavy (non-hydrogen) atoms. The van der Waals surface area contributed by atoms with E-state index in [0.717, 1.165) is 11.3 Å². The summed E-state index contributed by atoms with van der Waals surface area (Å²) in [5, 5.41) is 0. The van der Waals surface area contributed by atoms with E-state index in [9.17, 15) is 4.79 Å². The summed E-state index contributed by atoms with van der Waals surface area (Å²) in [4.78, 5) is 15.6. The molecule has 0 radical (unpaired) electrons. The molecule has 90 valence electrons. The Labute approximate surface area is 107 Å². The fraction of sp³-hybridized carbons (Fsp3) is 0.308. The zero-order chi connectivity index (χ0) is 12.4. The lowest BCUT2D eigenvalue weighted by molar-refractivity contribution is 0.211. The molecule has 2 rings (SSSR count). The van der Waals surface area contributed by atoms with Crippen molar-refractivity contribution in [1.82, 2.24) is 4.90 Å². The molecule has 1 aliphatic heterocycles. The highest BCUT2D eigenvalue weighted by molar-refractivity contribution is 7.80. The molecule has 0 atom stereocenters. The SMILES string of the molecule is C=C(CS)CN1C(=O)N(C)Cc2ccccc21. The number of benzene rings is 1. The van der Waals surface area contributed by atoms with Crippen molar-refractivity contribution in [2.24, 2.45) is 0 Å². The molecular formula is C13H16N2OS. The smallest absolute Gasteiger partial charge is 0.323 e. The number of carbonyl (C=O) groups excluding carboxylic acids is 1. The molecule has 0 spiro atoms. The summed E-state index contributed by atoms with van der Waals surface area (Å²) < 4.78 is 0. The Kier molecular flexibility index (Phi) is 3.43. The second-order valence-electron chi connectivity index (χ2n) is 4.26. The molecule has 2 amide bonds. The molecule has 0 unspecified atom stereocenters. The van der Waals surface area contributed by atoms with Crippen LogP contribution in [0.5, 0.6) is 0 Å². The van der Waals surface area contributed by atoms with Crippen LogP contribution in [0.2, 0.25) is 0 Å². The van der Waals surface area contributed by atoms with Gasteiger partial charge in [-0.25, -0.2) is 4.79 Å². The van der Waals surface area contributed by atoms with Gasteiger partial charge in [-0.3, -0.25) is 4.90 Å². The van der Waals surface area contributed by atoms with Crippen LogP contribution in [0.25, 0.3) is 0 Å². The quantitative estimate of drug-likeness (QED) is 0.645. The highest BCUT2D eigenvalue weighted by Crippen LogP contribution is 2.28. The average Bonchev–Trinajstić information content (AvgIpc) is 2.34. The predicted molar refractivity (Wildman–Crippen MR) is 73.6 cm³/mol. The minimum absolute atomic E-state index is 0.0200. The van der Waals surface area contributed by atoms with Gasteiger partial charge >= 0.3 is 6.03 Å². The van der Waals surface area contributed by atoms with Gasteiger partial charge in [-0.15, -0.1) is 0 Å². The number of hydrogen-bond donors (Lipinski definition) is 1. The van der Waals surface area contributed by atoms with E-state index in [1.54, 1.807) is 9.80 Å². The van der Waals surface area contributed by atoms with Crippen molar-refractivity contribution >= 4 is 24.3 Å². The number of amides is 2. The van der Waals surface area contributed by atoms with Gasteiger partial charge in [0.2, 0.25) is 0 Å². The van der Waals surface area contributed by atoms with Crippen LogP contribution in [0.3, 0.4) is 0 Å². The minimum atomic E-state index is 0.0200. The topological polar surface area (TPSA) is 23.6 Å². The summed E-state index contributed by atoms with van der Waals surface area (Å²) in [6.45, 7) is 5.11. The highest BCUT2D eigenvalue weighted by Gasteiger charge is 2.27. The summed E-state index contributed by atoms with van der Waals surface area (Å²) in [5.74, 6) is 0.593. The maximum atomic E-state index is 12.1. The highest BCUT2D eigenvalue weighted by atomic mass is 32.1. The number of urea groups is 1. The Morgan fingerprint density at radius 2 is 2.18 bits per heavy atom. The zero-order valence-corrected chi connectivity index (χ0v) is 10.8. The van der Waals surface area contributed by atoms with Gasteiger partial charge in [-0.2, -0.15) is 12.6 Å². The van der Waals surface area contributed by atoms with Gasteiger partial charge < -0.3 is 4.90 Å². The Hall–Kier alpha value is -1.42. The van der Waals surface area contributed by atoms with Gasteiger partial charge in [0, 0.05) is 25.9 Å². The third-order valence-corrected chi connectivity index (χ3v) is 3.30. The summed E-state index contributed by atoms with van der Waals surface area (Å²) in [6, 6.07) is 7.99. The minimum Gasteiger partial charge on any atom is -0.323 e. The van der Waals surface area contributed by atoms with Gasteiger partial charge in [0.15, 0.2) is 0 Å². The fourth-order valence-corrected chi connectivity index (χ4v) is 2.07. The van der Waals surface area contributed by atoms with Gasteiger partial charge in [0.05, 0.1) is 5.69 Å². The Morgan fingerprint density at radius 1 is 1.47 bits per heavy atom. The number of hydrogen-bond acceptors (Lipinski definition) is 2. The van der Waals surface area contributed by atoms with Crippen molar-refractivity contribution in [3.63, 3.8) is 0 Å². The van der Waals surface area contributed by atoms with Crippen LogP contribution in [0.15, 0.2) is 36.4 Å². The standard InChI is InChI=1S/C13H16N2OS/c1-10(9-17)7-15-12-6-4-3-5-11(12)8-14(2)13(15)16/h3-6,17H,1,7-9H2,2H3. The first kappa shape index (κ1) is 12.0. The number of nitrogens with zero attached hydrogens (tertiary/aromatic N) is 2. The molecule has 4 heteroatoms. The molecule has 1 aromatic carbocycles. The molecular weight excluding hydrogens is 232 g/mol. The first-order valence-electron chi connectivity index (χ1n) is 5.51. The van der Waals surface area contributed by atoms with Crippen molar-refractivity contribution in [3.8, 4) is 0 Å². The number of fused-ring (bicyclic) bond motifs is 1. The monoisotopic (exact) mass is 248 g/mol. The summed E-state index contributed by atoms with van der Waals surface area (Å²) in [7, 11) is 1.81. The van der Waals surface area contributed by atoms with Crippen LogP contribution in [-0.4, -0.2) is 30.3 Å². The molecule has 0 aliphatic carbocycles. The second-order valence-corrected chi connectivity index (χ2v) is 4.58. The van der Waals surface area contributed by atoms with E-state index in [1.165, 1.54) is 5.56 Å². The van der Waals surface area contributed by atoms with Gasteiger partial charge in [0.1, 0.15) is 0 Å². The molecule has 0 fully saturated rings. The van der Waals surface area contributed by atoms with Gasteiger partial charge in [0.25, 0.3) is 0 Å². The maximum absolute atomic E-state index is 12.1. The number of anilines is 1. The molecule has 0 N–H and O–H groups in total. The molecule has 1 aromatic rings. The van der Waals surface area contributed by atoms with Crippen LogP contribution in [-0.2, 0) is 6.54 Å². The predicted octanol–water partition coefficient (Wildman–Crippen LogP) is 2.54. The van der Waals surface area contributed by atoms with E-state index in [1.807, 2.05) is 25.2 Å². The maximum Gasteiger partial charge on any atom is 0.324 e. The first-order chi connectivity index (χ1) is 8.13. The van der Waals surface area contributed by atoms with Crippen molar-refractivity contribution in [2.45, 2.75) is 6.54 Å². The lowest BCUT2D eigenvalue weighted by atomic mass is 10.1. The molecule has 0 aromatic heterocycles. The zero-order valence-electron chi connectivity index (χ0n) is 9.89. The molecule has 3 nitrogen and oxygen atoms in total. The van der Waals surface area contributed by atoms with Crippen molar-refractivity contribution < 1.29 is 4.79 Å². The summed E-state index contributed by atoms with van der Waals surface area (Å²) >= 11 is 4.19. The van der Waals surface area contributed by atoms with E-state index >= 15 is 0 Å². The summed E-state index contributed by atoms with van der Waals surface area (Å²) in [5.41, 5.74) is 3.09. The first-order valence-corrected chi connectivity index (χ1v) is 6.14. The van der Waals surface area contributed by atoms with E-state index in [2.05, 4.69) is 25.3 Å². The Balaban J connectivity index is 2.35. The molecule has 0 saturated heterocycles. The fourth-order valence-electron chi connectivity index (χ4n) is 1.97. The Morgan fingerprint density at radius 3 is 2.88 bits per heavy atom. The average molecular weight is 248 g/mol. The number of rotatable bonds is 3. The van der Waals surface area contributed by atoms with Crippen LogP contribution >= 0.6 is 12.6 Å². The van der Waals surface area contributed by atoms with E-state index in [-0.39, 0.29) is 6.03 Å². The third kappa shape index (κ3) is 2.31. The van der Waals surface area contributed by atoms with Crippen molar-refractivity contribution in [2.75, 3.05) is 24.2 Å². The van der Waals surface area contributed by atoms with E-state index in [0.29, 0.717) is 18.8 Å². The lowest BCUT2D eigenvalue weighted by Crippen LogP contribution is -2.46. The van der Waals surface area contributed by atoms with Crippen molar-refractivity contribution in [1.29, 1.82) is 0 Å². The normalized spacial score (nSPS) is 14.8. The summed E-state index contributed by atoms with van der Waals surface area (Å²) in [6.07, 6.45) is 0. The number of para-hydroxylation sites is 1. The molecule has 0 bridgehead atoms. The van der Waals surface area contributed by atoms with E-state index < -0.39 is 0 Å². The van der Waals surface area contributed by atoms with Crippen LogP contribution in [0, 0.1) is 0 Å². The van der Waals surface area contributed by atoms with Crippen LogP contribution in [0.1, 0.15) is 5.56 Å². The largest absolute Gasteiger partial charge is 0.324 e. The molecule has 0 saturated carbocycles. The lowest BCUT2D eigenvalue weighted by Gasteiger charge is -2.35. The third-order valence-electron chi connectivity index (χ3n) is 2.85. The van der Waals surface area contributed by atoms with Gasteiger partial charge in [-0.05, 0) is 17.2 Å². The Bertz CT molecular complexity index is 458. The van der Waals surface area contributed by atoms with Crippen LogP contribution in [0.4, 0.5) is 10.5 Å². The van der Waals surface area contributed by atoms with Crippen molar-refractivity contribution in [3.05, 3.63) is 42.0 Å². The number of carbonyl (C=O) groups is 1. The van der Waals surface area contributed by atoms with E-state index in [4.69, 9.17) is 0 Å².